The second-order valence-corrected chi connectivity index (χ2v) is 5.70. The minimum absolute atomic E-state index is 0.0114. The van der Waals surface area contributed by atoms with Crippen molar-refractivity contribution in [1.29, 1.82) is 0 Å². The highest BCUT2D eigenvalue weighted by Crippen LogP contribution is 2.23. The van der Waals surface area contributed by atoms with E-state index in [0.29, 0.717) is 6.04 Å². The summed E-state index contributed by atoms with van der Waals surface area (Å²) < 4.78 is 1.84. The van der Waals surface area contributed by atoms with E-state index in [1.165, 1.54) is 6.42 Å². The van der Waals surface area contributed by atoms with E-state index in [0.717, 1.165) is 31.4 Å². The van der Waals surface area contributed by atoms with Gasteiger partial charge in [0.1, 0.15) is 0 Å². The number of amides is 1. The van der Waals surface area contributed by atoms with Crippen molar-refractivity contribution < 1.29 is 4.79 Å². The topological polar surface area (TPSA) is 72.9 Å². The van der Waals surface area contributed by atoms with E-state index in [1.807, 2.05) is 10.9 Å². The molecule has 0 radical (unpaired) electrons. The molecule has 1 fully saturated rings. The Morgan fingerprint density at radius 1 is 1.42 bits per heavy atom. The van der Waals surface area contributed by atoms with E-state index in [4.69, 9.17) is 5.73 Å². The number of carbonyl (C=O) groups is 1. The highest BCUT2D eigenvalue weighted by atomic mass is 16.1. The lowest BCUT2D eigenvalue weighted by atomic mass is 9.94. The fraction of sp³-hybridized carbons (Fsp3) is 0.714. The Balaban J connectivity index is 1.98. The number of aromatic nitrogens is 2. The van der Waals surface area contributed by atoms with E-state index in [2.05, 4.69) is 24.3 Å². The van der Waals surface area contributed by atoms with Gasteiger partial charge in [-0.3, -0.25) is 9.48 Å². The maximum Gasteiger partial charge on any atom is 0.229 e. The molecule has 2 rings (SSSR count). The van der Waals surface area contributed by atoms with Crippen molar-refractivity contribution in [3.05, 3.63) is 12.4 Å². The van der Waals surface area contributed by atoms with Crippen LogP contribution < -0.4 is 11.1 Å². The number of anilines is 1. The molecule has 5 heteroatoms. The smallest absolute Gasteiger partial charge is 0.229 e. The summed E-state index contributed by atoms with van der Waals surface area (Å²) in [6, 6.07) is 0.286. The number of nitrogens with zero attached hydrogens (tertiary/aromatic N) is 2. The van der Waals surface area contributed by atoms with Crippen LogP contribution in [0.2, 0.25) is 0 Å². The first-order valence-electron chi connectivity index (χ1n) is 7.18. The van der Waals surface area contributed by atoms with Crippen LogP contribution >= 0.6 is 0 Å². The molecule has 0 spiro atoms. The Hall–Kier alpha value is -1.36. The van der Waals surface area contributed by atoms with E-state index in [9.17, 15) is 4.79 Å². The van der Waals surface area contributed by atoms with Crippen molar-refractivity contribution in [2.24, 2.45) is 11.7 Å². The van der Waals surface area contributed by atoms with Gasteiger partial charge in [-0.15, -0.1) is 0 Å². The summed E-state index contributed by atoms with van der Waals surface area (Å²) in [5, 5.41) is 7.16. The molecule has 0 aliphatic heterocycles. The van der Waals surface area contributed by atoms with Gasteiger partial charge in [0.25, 0.3) is 0 Å². The number of nitrogens with two attached hydrogens (primary N) is 1. The van der Waals surface area contributed by atoms with Crippen LogP contribution in [0.5, 0.6) is 0 Å². The monoisotopic (exact) mass is 264 g/mol. The van der Waals surface area contributed by atoms with Gasteiger partial charge < -0.3 is 11.1 Å². The first kappa shape index (κ1) is 14.1. The lowest BCUT2D eigenvalue weighted by molar-refractivity contribution is -0.120. The van der Waals surface area contributed by atoms with Crippen LogP contribution in [0.15, 0.2) is 12.4 Å². The standard InChI is InChI=1S/C14H24N4O/c1-10(2)18-9-11(8-16-18)17-14(19)12-6-4-3-5-7-13(12)15/h8-10,12-13H,3-7,15H2,1-2H3,(H,17,19). The third kappa shape index (κ3) is 3.56. The van der Waals surface area contributed by atoms with Gasteiger partial charge in [-0.05, 0) is 26.7 Å². The summed E-state index contributed by atoms with van der Waals surface area (Å²) in [5.74, 6) is -0.0254. The highest BCUT2D eigenvalue weighted by molar-refractivity contribution is 5.92. The van der Waals surface area contributed by atoms with E-state index in [1.54, 1.807) is 6.20 Å². The Labute approximate surface area is 114 Å². The second kappa shape index (κ2) is 6.19. The molecule has 1 aromatic rings. The number of hydrogen-bond acceptors (Lipinski definition) is 3. The van der Waals surface area contributed by atoms with Crippen molar-refractivity contribution in [2.75, 3.05) is 5.32 Å². The van der Waals surface area contributed by atoms with Crippen LogP contribution in [0.3, 0.4) is 0 Å². The molecule has 1 heterocycles. The van der Waals surface area contributed by atoms with E-state index < -0.39 is 0 Å². The zero-order chi connectivity index (χ0) is 13.8. The molecule has 0 aromatic carbocycles. The maximum atomic E-state index is 12.3. The predicted molar refractivity (Wildman–Crippen MR) is 75.8 cm³/mol. The van der Waals surface area contributed by atoms with Gasteiger partial charge in [-0.1, -0.05) is 19.3 Å². The molecule has 0 saturated heterocycles. The van der Waals surface area contributed by atoms with Gasteiger partial charge in [-0.25, -0.2) is 0 Å². The predicted octanol–water partition coefficient (Wildman–Crippen LogP) is 2.31. The number of rotatable bonds is 3. The number of hydrogen-bond donors (Lipinski definition) is 2. The van der Waals surface area contributed by atoms with Crippen molar-refractivity contribution in [2.45, 2.75) is 58.0 Å². The fourth-order valence-corrected chi connectivity index (χ4v) is 2.58. The minimum Gasteiger partial charge on any atom is -0.327 e. The third-order valence-electron chi connectivity index (χ3n) is 3.80. The van der Waals surface area contributed by atoms with Crippen LogP contribution in [0.1, 0.15) is 52.0 Å². The van der Waals surface area contributed by atoms with Crippen molar-refractivity contribution >= 4 is 11.6 Å². The van der Waals surface area contributed by atoms with E-state index in [-0.39, 0.29) is 17.9 Å². The quantitative estimate of drug-likeness (QED) is 0.823. The second-order valence-electron chi connectivity index (χ2n) is 5.70. The first-order chi connectivity index (χ1) is 9.08. The largest absolute Gasteiger partial charge is 0.327 e. The average Bonchev–Trinajstić information content (AvgIpc) is 2.71. The Morgan fingerprint density at radius 3 is 2.84 bits per heavy atom. The van der Waals surface area contributed by atoms with Crippen LogP contribution in [0.4, 0.5) is 5.69 Å². The van der Waals surface area contributed by atoms with Crippen molar-refractivity contribution in [3.8, 4) is 0 Å². The van der Waals surface area contributed by atoms with Gasteiger partial charge >= 0.3 is 0 Å². The molecule has 3 N–H and O–H groups in total. The average molecular weight is 264 g/mol. The van der Waals surface area contributed by atoms with Crippen molar-refractivity contribution in [3.63, 3.8) is 0 Å². The zero-order valence-corrected chi connectivity index (χ0v) is 11.8. The first-order valence-corrected chi connectivity index (χ1v) is 7.18. The molecule has 1 aliphatic rings. The molecule has 19 heavy (non-hydrogen) atoms. The SMILES string of the molecule is CC(C)n1cc(NC(=O)C2CCCCCC2N)cn1. The highest BCUT2D eigenvalue weighted by Gasteiger charge is 2.27. The summed E-state index contributed by atoms with van der Waals surface area (Å²) in [5.41, 5.74) is 6.86. The van der Waals surface area contributed by atoms with Crippen LogP contribution in [0, 0.1) is 5.92 Å². The molecule has 106 valence electrons. The Morgan fingerprint density at radius 2 is 2.16 bits per heavy atom. The lowest BCUT2D eigenvalue weighted by Gasteiger charge is -2.19. The maximum absolute atomic E-state index is 12.3. The Kier molecular flexibility index (Phi) is 4.58. The molecule has 1 saturated carbocycles. The summed E-state index contributed by atoms with van der Waals surface area (Å²) in [6.07, 6.45) is 8.82. The van der Waals surface area contributed by atoms with Gasteiger partial charge in [0.15, 0.2) is 0 Å². The molecule has 0 bridgehead atoms. The van der Waals surface area contributed by atoms with Crippen LogP contribution in [-0.4, -0.2) is 21.7 Å². The fourth-order valence-electron chi connectivity index (χ4n) is 2.58. The summed E-state index contributed by atoms with van der Waals surface area (Å²) in [7, 11) is 0. The molecule has 1 aliphatic carbocycles. The molecule has 1 aromatic heterocycles. The van der Waals surface area contributed by atoms with Gasteiger partial charge in [-0.2, -0.15) is 5.10 Å². The summed E-state index contributed by atoms with van der Waals surface area (Å²) in [6.45, 7) is 4.11. The molecular formula is C14H24N4O. The van der Waals surface area contributed by atoms with Gasteiger partial charge in [0.05, 0.1) is 17.8 Å². The molecule has 2 unspecified atom stereocenters. The normalized spacial score (nSPS) is 24.2. The minimum atomic E-state index is -0.0649. The van der Waals surface area contributed by atoms with Gasteiger partial charge in [0.2, 0.25) is 5.91 Å². The lowest BCUT2D eigenvalue weighted by Crippen LogP contribution is -2.37. The zero-order valence-electron chi connectivity index (χ0n) is 11.8. The summed E-state index contributed by atoms with van der Waals surface area (Å²) in [4.78, 5) is 12.3. The number of carbonyl (C=O) groups excluding carboxylic acids is 1. The van der Waals surface area contributed by atoms with Crippen molar-refractivity contribution in [1.82, 2.24) is 9.78 Å². The van der Waals surface area contributed by atoms with E-state index >= 15 is 0 Å². The van der Waals surface area contributed by atoms with Crippen LogP contribution in [-0.2, 0) is 4.79 Å². The van der Waals surface area contributed by atoms with Gasteiger partial charge in [0, 0.05) is 18.3 Å². The summed E-state index contributed by atoms with van der Waals surface area (Å²) >= 11 is 0. The molecular weight excluding hydrogens is 240 g/mol. The third-order valence-corrected chi connectivity index (χ3v) is 3.80. The molecule has 5 nitrogen and oxygen atoms in total. The molecule has 2 atom stereocenters. The Bertz CT molecular complexity index is 427. The van der Waals surface area contributed by atoms with Crippen LogP contribution in [0.25, 0.3) is 0 Å². The molecule has 1 amide bonds. The number of nitrogens with one attached hydrogen (secondary N) is 1.